The lowest BCUT2D eigenvalue weighted by Crippen LogP contribution is -2.15. The summed E-state index contributed by atoms with van der Waals surface area (Å²) in [6.07, 6.45) is 0.934. The third-order valence-corrected chi connectivity index (χ3v) is 2.64. The molecule has 0 amide bonds. The van der Waals surface area contributed by atoms with Crippen molar-refractivity contribution < 1.29 is 19.1 Å². The highest BCUT2D eigenvalue weighted by atomic mass is 16.5. The number of hydrogen-bond donors (Lipinski definition) is 0. The highest BCUT2D eigenvalue weighted by Gasteiger charge is 2.14. The van der Waals surface area contributed by atoms with Gasteiger partial charge in [0, 0.05) is 0 Å². The highest BCUT2D eigenvalue weighted by molar-refractivity contribution is 5.91. The van der Waals surface area contributed by atoms with Crippen LogP contribution in [0.1, 0.15) is 48.2 Å². The molecule has 0 saturated carbocycles. The predicted octanol–water partition coefficient (Wildman–Crippen LogP) is 2.46. The Hall–Kier alpha value is -1.91. The fourth-order valence-corrected chi connectivity index (χ4v) is 1.28. The molecule has 0 aliphatic rings. The van der Waals surface area contributed by atoms with Crippen molar-refractivity contribution in [2.45, 2.75) is 27.2 Å². The minimum Gasteiger partial charge on any atom is -0.461 e. The molecule has 5 nitrogen and oxygen atoms in total. The first kappa shape index (κ1) is 15.1. The molecule has 1 aromatic rings. The van der Waals surface area contributed by atoms with Gasteiger partial charge in [0.1, 0.15) is 11.4 Å². The number of esters is 2. The first-order chi connectivity index (χ1) is 9.08. The summed E-state index contributed by atoms with van der Waals surface area (Å²) in [6.45, 7) is 6.35. The fraction of sp³-hybridized carbons (Fsp3) is 0.500. The van der Waals surface area contributed by atoms with E-state index in [-0.39, 0.29) is 18.0 Å². The van der Waals surface area contributed by atoms with Crippen molar-refractivity contribution in [1.82, 2.24) is 4.98 Å². The summed E-state index contributed by atoms with van der Waals surface area (Å²) in [4.78, 5) is 27.2. The first-order valence-electron chi connectivity index (χ1n) is 6.39. The van der Waals surface area contributed by atoms with Crippen LogP contribution in [0.25, 0.3) is 0 Å². The minimum absolute atomic E-state index is 0.111. The van der Waals surface area contributed by atoms with E-state index in [1.807, 2.05) is 13.8 Å². The van der Waals surface area contributed by atoms with E-state index >= 15 is 0 Å². The van der Waals surface area contributed by atoms with Crippen LogP contribution in [-0.4, -0.2) is 30.1 Å². The van der Waals surface area contributed by atoms with E-state index in [0.717, 1.165) is 6.42 Å². The molecule has 1 rings (SSSR count). The molecule has 0 radical (unpaired) electrons. The van der Waals surface area contributed by atoms with E-state index in [0.29, 0.717) is 12.5 Å². The van der Waals surface area contributed by atoms with E-state index in [4.69, 9.17) is 9.47 Å². The number of ether oxygens (including phenoxy) is 2. The third-order valence-electron chi connectivity index (χ3n) is 2.64. The second-order valence-electron chi connectivity index (χ2n) is 4.24. The molecular formula is C14H19NO4. The van der Waals surface area contributed by atoms with Gasteiger partial charge in [0.15, 0.2) is 0 Å². The van der Waals surface area contributed by atoms with Gasteiger partial charge >= 0.3 is 11.9 Å². The lowest BCUT2D eigenvalue weighted by molar-refractivity contribution is 0.0439. The van der Waals surface area contributed by atoms with Crippen LogP contribution in [0.4, 0.5) is 0 Å². The summed E-state index contributed by atoms with van der Waals surface area (Å²) in [5, 5.41) is 0. The zero-order valence-electron chi connectivity index (χ0n) is 11.5. The number of carbonyl (C=O) groups is 2. The average Bonchev–Trinajstić information content (AvgIpc) is 2.44. The molecule has 0 aromatic carbocycles. The Kier molecular flexibility index (Phi) is 5.99. The van der Waals surface area contributed by atoms with Gasteiger partial charge in [0.2, 0.25) is 0 Å². The molecule has 0 fully saturated rings. The van der Waals surface area contributed by atoms with Crippen molar-refractivity contribution in [3.63, 3.8) is 0 Å². The summed E-state index contributed by atoms with van der Waals surface area (Å²) in [5.41, 5.74) is 0.230. The molecule has 1 atom stereocenters. The lowest BCUT2D eigenvalue weighted by atomic mass is 10.1. The Balaban J connectivity index is 2.70. The van der Waals surface area contributed by atoms with E-state index in [1.54, 1.807) is 13.0 Å². The van der Waals surface area contributed by atoms with Gasteiger partial charge in [-0.3, -0.25) is 0 Å². The van der Waals surface area contributed by atoms with Crippen molar-refractivity contribution >= 4 is 11.9 Å². The molecule has 1 unspecified atom stereocenters. The van der Waals surface area contributed by atoms with Gasteiger partial charge in [-0.25, -0.2) is 14.6 Å². The highest BCUT2D eigenvalue weighted by Crippen LogP contribution is 2.06. The molecule has 0 aliphatic heterocycles. The minimum atomic E-state index is -0.543. The Morgan fingerprint density at radius 2 is 1.74 bits per heavy atom. The summed E-state index contributed by atoms with van der Waals surface area (Å²) < 4.78 is 9.95. The van der Waals surface area contributed by atoms with Crippen LogP contribution in [0, 0.1) is 5.92 Å². The van der Waals surface area contributed by atoms with Gasteiger partial charge < -0.3 is 9.47 Å². The van der Waals surface area contributed by atoms with Crippen LogP contribution in [0.5, 0.6) is 0 Å². The maximum Gasteiger partial charge on any atom is 0.356 e. The third kappa shape index (κ3) is 4.69. The molecular weight excluding hydrogens is 246 g/mol. The zero-order valence-corrected chi connectivity index (χ0v) is 11.5. The molecule has 104 valence electrons. The van der Waals surface area contributed by atoms with Gasteiger partial charge in [-0.05, 0) is 25.0 Å². The van der Waals surface area contributed by atoms with Gasteiger partial charge in [0.05, 0.1) is 13.2 Å². The number of hydrogen-bond acceptors (Lipinski definition) is 5. The van der Waals surface area contributed by atoms with Gasteiger partial charge in [-0.2, -0.15) is 0 Å². The van der Waals surface area contributed by atoms with E-state index < -0.39 is 11.9 Å². The standard InChI is InChI=1S/C14H19NO4/c1-4-10(3)9-19-14(17)12-8-6-7-11(15-12)13(16)18-5-2/h6-8,10H,4-5,9H2,1-3H3. The maximum atomic E-state index is 11.8. The number of rotatable bonds is 6. The summed E-state index contributed by atoms with van der Waals surface area (Å²) in [7, 11) is 0. The Morgan fingerprint density at radius 3 is 2.26 bits per heavy atom. The van der Waals surface area contributed by atoms with E-state index in [9.17, 15) is 9.59 Å². The molecule has 1 heterocycles. The quantitative estimate of drug-likeness (QED) is 0.739. The molecule has 1 aromatic heterocycles. The number of aromatic nitrogens is 1. The molecule has 5 heteroatoms. The topological polar surface area (TPSA) is 65.5 Å². The Bertz CT molecular complexity index is 445. The number of nitrogens with zero attached hydrogens (tertiary/aromatic N) is 1. The molecule has 0 bridgehead atoms. The zero-order chi connectivity index (χ0) is 14.3. The van der Waals surface area contributed by atoms with Crippen LogP contribution in [0.3, 0.4) is 0 Å². The number of carbonyl (C=O) groups excluding carboxylic acids is 2. The van der Waals surface area contributed by atoms with Crippen LogP contribution >= 0.6 is 0 Å². The first-order valence-corrected chi connectivity index (χ1v) is 6.39. The second-order valence-corrected chi connectivity index (χ2v) is 4.24. The SMILES string of the molecule is CCOC(=O)c1cccc(C(=O)OCC(C)CC)n1. The van der Waals surface area contributed by atoms with Crippen molar-refractivity contribution in [1.29, 1.82) is 0 Å². The molecule has 0 spiro atoms. The molecule has 0 aliphatic carbocycles. The largest absolute Gasteiger partial charge is 0.461 e. The lowest BCUT2D eigenvalue weighted by Gasteiger charge is -2.09. The Labute approximate surface area is 112 Å². The summed E-state index contributed by atoms with van der Waals surface area (Å²) in [5.74, 6) is -0.761. The molecule has 0 N–H and O–H groups in total. The van der Waals surface area contributed by atoms with Crippen LogP contribution in [-0.2, 0) is 9.47 Å². The van der Waals surface area contributed by atoms with Gasteiger partial charge in [0.25, 0.3) is 0 Å². The smallest absolute Gasteiger partial charge is 0.356 e. The average molecular weight is 265 g/mol. The van der Waals surface area contributed by atoms with Crippen LogP contribution in [0.15, 0.2) is 18.2 Å². The van der Waals surface area contributed by atoms with E-state index in [1.165, 1.54) is 12.1 Å². The normalized spacial score (nSPS) is 11.7. The molecule has 0 saturated heterocycles. The van der Waals surface area contributed by atoms with E-state index in [2.05, 4.69) is 4.98 Å². The van der Waals surface area contributed by atoms with Gasteiger partial charge in [-0.1, -0.05) is 26.3 Å². The second kappa shape index (κ2) is 7.51. The maximum absolute atomic E-state index is 11.8. The van der Waals surface area contributed by atoms with Crippen molar-refractivity contribution in [3.05, 3.63) is 29.6 Å². The van der Waals surface area contributed by atoms with Crippen LogP contribution < -0.4 is 0 Å². The predicted molar refractivity (Wildman–Crippen MR) is 69.9 cm³/mol. The fourth-order valence-electron chi connectivity index (χ4n) is 1.28. The van der Waals surface area contributed by atoms with Crippen molar-refractivity contribution in [2.75, 3.05) is 13.2 Å². The monoisotopic (exact) mass is 265 g/mol. The Morgan fingerprint density at radius 1 is 1.16 bits per heavy atom. The number of pyridine rings is 1. The van der Waals surface area contributed by atoms with Gasteiger partial charge in [-0.15, -0.1) is 0 Å². The summed E-state index contributed by atoms with van der Waals surface area (Å²) in [6, 6.07) is 4.60. The summed E-state index contributed by atoms with van der Waals surface area (Å²) >= 11 is 0. The molecule has 19 heavy (non-hydrogen) atoms. The van der Waals surface area contributed by atoms with Crippen molar-refractivity contribution in [3.8, 4) is 0 Å². The van der Waals surface area contributed by atoms with Crippen molar-refractivity contribution in [2.24, 2.45) is 5.92 Å². The van der Waals surface area contributed by atoms with Crippen LogP contribution in [0.2, 0.25) is 0 Å².